The molecule has 0 bridgehead atoms. The van der Waals surface area contributed by atoms with E-state index < -0.39 is 0 Å². The second-order valence-electron chi connectivity index (χ2n) is 6.28. The molecular weight excluding hydrogens is 238 g/mol. The average molecular weight is 265 g/mol. The Morgan fingerprint density at radius 3 is 2.47 bits per heavy atom. The molecular formula is C15H27N3O. The highest BCUT2D eigenvalue weighted by Crippen LogP contribution is 2.36. The quantitative estimate of drug-likeness (QED) is 0.838. The van der Waals surface area contributed by atoms with E-state index in [0.717, 1.165) is 12.4 Å². The highest BCUT2D eigenvalue weighted by atomic mass is 16.5. The molecule has 0 unspecified atom stereocenters. The third-order valence-electron chi connectivity index (χ3n) is 4.16. The van der Waals surface area contributed by atoms with Crippen molar-refractivity contribution in [2.45, 2.75) is 52.9 Å². The SMILES string of the molecule is CC(C)[C@@H](c1nccn1C)N1[C@@H](C)OC[C@H]1C(C)C. The van der Waals surface area contributed by atoms with Gasteiger partial charge in [0.25, 0.3) is 0 Å². The summed E-state index contributed by atoms with van der Waals surface area (Å²) in [4.78, 5) is 7.09. The lowest BCUT2D eigenvalue weighted by Crippen LogP contribution is -2.44. The van der Waals surface area contributed by atoms with Crippen molar-refractivity contribution in [1.29, 1.82) is 0 Å². The minimum Gasteiger partial charge on any atom is -0.362 e. The Kier molecular flexibility index (Phi) is 4.31. The van der Waals surface area contributed by atoms with Crippen molar-refractivity contribution in [3.63, 3.8) is 0 Å². The first-order valence-electron chi connectivity index (χ1n) is 7.29. The van der Waals surface area contributed by atoms with E-state index in [-0.39, 0.29) is 6.23 Å². The number of ether oxygens (including phenoxy) is 1. The molecule has 4 heteroatoms. The molecule has 0 N–H and O–H groups in total. The molecule has 3 atom stereocenters. The molecule has 2 heterocycles. The van der Waals surface area contributed by atoms with Gasteiger partial charge in [-0.2, -0.15) is 0 Å². The summed E-state index contributed by atoms with van der Waals surface area (Å²) in [7, 11) is 2.07. The van der Waals surface area contributed by atoms with Crippen molar-refractivity contribution in [2.24, 2.45) is 18.9 Å². The zero-order chi connectivity index (χ0) is 14.2. The van der Waals surface area contributed by atoms with Crippen molar-refractivity contribution in [3.05, 3.63) is 18.2 Å². The van der Waals surface area contributed by atoms with Crippen LogP contribution in [0.2, 0.25) is 0 Å². The van der Waals surface area contributed by atoms with Crippen LogP contribution in [0.15, 0.2) is 12.4 Å². The van der Waals surface area contributed by atoms with Gasteiger partial charge in [-0.1, -0.05) is 27.7 Å². The fourth-order valence-electron chi connectivity index (χ4n) is 3.09. The van der Waals surface area contributed by atoms with Gasteiger partial charge in [-0.25, -0.2) is 4.98 Å². The van der Waals surface area contributed by atoms with Crippen LogP contribution >= 0.6 is 0 Å². The second kappa shape index (κ2) is 5.63. The first kappa shape index (κ1) is 14.5. The zero-order valence-corrected chi connectivity index (χ0v) is 13.0. The fourth-order valence-corrected chi connectivity index (χ4v) is 3.09. The molecule has 0 aromatic carbocycles. The number of hydrogen-bond acceptors (Lipinski definition) is 3. The minimum absolute atomic E-state index is 0.163. The fraction of sp³-hybridized carbons (Fsp3) is 0.800. The molecule has 0 saturated carbocycles. The maximum atomic E-state index is 5.90. The van der Waals surface area contributed by atoms with E-state index in [2.05, 4.69) is 56.1 Å². The van der Waals surface area contributed by atoms with Crippen LogP contribution < -0.4 is 0 Å². The maximum absolute atomic E-state index is 5.90. The lowest BCUT2D eigenvalue weighted by Gasteiger charge is -2.38. The average Bonchev–Trinajstić information content (AvgIpc) is 2.88. The summed E-state index contributed by atoms with van der Waals surface area (Å²) in [5.74, 6) is 2.23. The van der Waals surface area contributed by atoms with Gasteiger partial charge in [-0.3, -0.25) is 4.90 Å². The minimum atomic E-state index is 0.163. The summed E-state index contributed by atoms with van der Waals surface area (Å²) in [6, 6.07) is 0.781. The Hall–Kier alpha value is -0.870. The summed E-state index contributed by atoms with van der Waals surface area (Å²) >= 11 is 0. The Morgan fingerprint density at radius 2 is 2.00 bits per heavy atom. The molecule has 2 rings (SSSR count). The standard InChI is InChI=1S/C15H27N3O/c1-10(2)13-9-19-12(5)18(13)14(11(3)4)15-16-7-8-17(15)6/h7-8,10-14H,9H2,1-6H3/t12-,13+,14+/m1/s1. The van der Waals surface area contributed by atoms with Gasteiger partial charge >= 0.3 is 0 Å². The van der Waals surface area contributed by atoms with Crippen LogP contribution in [0.3, 0.4) is 0 Å². The van der Waals surface area contributed by atoms with Crippen molar-refractivity contribution in [1.82, 2.24) is 14.5 Å². The molecule has 19 heavy (non-hydrogen) atoms. The van der Waals surface area contributed by atoms with Gasteiger partial charge in [0.2, 0.25) is 0 Å². The van der Waals surface area contributed by atoms with Gasteiger partial charge in [0, 0.05) is 25.5 Å². The van der Waals surface area contributed by atoms with Gasteiger partial charge in [-0.15, -0.1) is 0 Å². The Bertz CT molecular complexity index is 413. The Balaban J connectivity index is 2.35. The van der Waals surface area contributed by atoms with Crippen molar-refractivity contribution >= 4 is 0 Å². The summed E-state index contributed by atoms with van der Waals surface area (Å²) in [6.45, 7) is 12.1. The number of aryl methyl sites for hydroxylation is 1. The summed E-state index contributed by atoms with van der Waals surface area (Å²) in [6.07, 6.45) is 4.07. The third kappa shape index (κ3) is 2.70. The van der Waals surface area contributed by atoms with Crippen molar-refractivity contribution in [3.8, 4) is 0 Å². The van der Waals surface area contributed by atoms with Crippen LogP contribution in [0.1, 0.15) is 46.5 Å². The Morgan fingerprint density at radius 1 is 1.32 bits per heavy atom. The molecule has 1 saturated heterocycles. The number of rotatable bonds is 4. The van der Waals surface area contributed by atoms with E-state index in [0.29, 0.717) is 23.9 Å². The highest BCUT2D eigenvalue weighted by molar-refractivity contribution is 5.03. The molecule has 0 amide bonds. The van der Waals surface area contributed by atoms with E-state index >= 15 is 0 Å². The predicted molar refractivity (Wildman–Crippen MR) is 76.7 cm³/mol. The van der Waals surface area contributed by atoms with Gasteiger partial charge in [0.05, 0.1) is 12.6 Å². The maximum Gasteiger partial charge on any atom is 0.126 e. The van der Waals surface area contributed by atoms with Crippen LogP contribution in [0.25, 0.3) is 0 Å². The molecule has 1 aliphatic rings. The van der Waals surface area contributed by atoms with E-state index in [1.807, 2.05) is 12.4 Å². The summed E-state index contributed by atoms with van der Waals surface area (Å²) in [5, 5.41) is 0. The monoisotopic (exact) mass is 265 g/mol. The largest absolute Gasteiger partial charge is 0.362 e. The molecule has 0 spiro atoms. The van der Waals surface area contributed by atoms with Gasteiger partial charge in [-0.05, 0) is 18.8 Å². The summed E-state index contributed by atoms with van der Waals surface area (Å²) in [5.41, 5.74) is 0. The van der Waals surface area contributed by atoms with E-state index in [1.165, 1.54) is 0 Å². The first-order chi connectivity index (χ1) is 8.93. The third-order valence-corrected chi connectivity index (χ3v) is 4.16. The number of hydrogen-bond donors (Lipinski definition) is 0. The summed E-state index contributed by atoms with van der Waals surface area (Å²) < 4.78 is 8.03. The smallest absolute Gasteiger partial charge is 0.126 e. The zero-order valence-electron chi connectivity index (χ0n) is 13.0. The van der Waals surface area contributed by atoms with Gasteiger partial charge in [0.1, 0.15) is 12.1 Å². The number of nitrogens with zero attached hydrogens (tertiary/aromatic N) is 3. The Labute approximate surface area is 116 Å². The predicted octanol–water partition coefficient (Wildman–Crippen LogP) is 2.82. The molecule has 108 valence electrons. The molecule has 0 aliphatic carbocycles. The van der Waals surface area contributed by atoms with Crippen LogP contribution in [0, 0.1) is 11.8 Å². The lowest BCUT2D eigenvalue weighted by atomic mass is 9.96. The van der Waals surface area contributed by atoms with Crippen LogP contribution in [-0.2, 0) is 11.8 Å². The molecule has 1 fully saturated rings. The lowest BCUT2D eigenvalue weighted by molar-refractivity contribution is -0.000837. The van der Waals surface area contributed by atoms with Gasteiger partial charge < -0.3 is 9.30 Å². The van der Waals surface area contributed by atoms with Crippen LogP contribution in [0.5, 0.6) is 0 Å². The van der Waals surface area contributed by atoms with Crippen molar-refractivity contribution < 1.29 is 4.74 Å². The van der Waals surface area contributed by atoms with E-state index in [4.69, 9.17) is 4.74 Å². The van der Waals surface area contributed by atoms with Crippen LogP contribution in [0.4, 0.5) is 0 Å². The van der Waals surface area contributed by atoms with Crippen LogP contribution in [-0.4, -0.2) is 33.3 Å². The first-order valence-corrected chi connectivity index (χ1v) is 7.29. The topological polar surface area (TPSA) is 30.3 Å². The molecule has 4 nitrogen and oxygen atoms in total. The van der Waals surface area contributed by atoms with Gasteiger partial charge in [0.15, 0.2) is 0 Å². The molecule has 1 aliphatic heterocycles. The normalized spacial score (nSPS) is 26.5. The second-order valence-corrected chi connectivity index (χ2v) is 6.28. The number of aromatic nitrogens is 2. The van der Waals surface area contributed by atoms with Crippen molar-refractivity contribution in [2.75, 3.05) is 6.61 Å². The molecule has 0 radical (unpaired) electrons. The number of imidazole rings is 1. The molecule has 1 aromatic rings. The van der Waals surface area contributed by atoms with E-state index in [1.54, 1.807) is 0 Å². The highest BCUT2D eigenvalue weighted by Gasteiger charge is 2.41. The molecule has 1 aromatic heterocycles. The van der Waals surface area contributed by atoms with E-state index in [9.17, 15) is 0 Å².